The van der Waals surface area contributed by atoms with E-state index in [0.29, 0.717) is 5.92 Å². The first-order valence-corrected chi connectivity index (χ1v) is 7.55. The number of rotatable bonds is 4. The topological polar surface area (TPSA) is 12.9 Å². The van der Waals surface area contributed by atoms with E-state index in [0.717, 1.165) is 17.3 Å². The number of aromatic nitrogens is 1. The van der Waals surface area contributed by atoms with Crippen molar-refractivity contribution in [3.63, 3.8) is 0 Å². The van der Waals surface area contributed by atoms with E-state index in [1.54, 1.807) is 11.3 Å². The molecule has 1 unspecified atom stereocenters. The van der Waals surface area contributed by atoms with E-state index < -0.39 is 0 Å². The normalized spacial score (nSPS) is 12.6. The quantitative estimate of drug-likeness (QED) is 0.773. The largest absolute Gasteiger partial charge is 0.246 e. The van der Waals surface area contributed by atoms with E-state index in [9.17, 15) is 0 Å². The van der Waals surface area contributed by atoms with Crippen molar-refractivity contribution >= 4 is 27.3 Å². The number of nitrogens with zero attached hydrogens (tertiary/aromatic N) is 1. The molecule has 0 radical (unpaired) electrons. The van der Waals surface area contributed by atoms with E-state index in [-0.39, 0.29) is 0 Å². The molecule has 0 saturated carbocycles. The predicted octanol–water partition coefficient (Wildman–Crippen LogP) is 5.01. The molecule has 0 N–H and O–H groups in total. The molecule has 0 saturated heterocycles. The summed E-state index contributed by atoms with van der Waals surface area (Å²) in [5.74, 6) is 0.574. The van der Waals surface area contributed by atoms with Gasteiger partial charge in [0.05, 0.1) is 10.7 Å². The number of hydrogen-bond acceptors (Lipinski definition) is 2. The molecular formula is C14H16BrNS. The maximum Gasteiger partial charge on any atom is 0.0972 e. The smallest absolute Gasteiger partial charge is 0.0972 e. The van der Waals surface area contributed by atoms with E-state index >= 15 is 0 Å². The Morgan fingerprint density at radius 2 is 2.00 bits per heavy atom. The lowest BCUT2D eigenvalue weighted by Gasteiger charge is -2.02. The van der Waals surface area contributed by atoms with Crippen molar-refractivity contribution in [1.82, 2.24) is 4.98 Å². The van der Waals surface area contributed by atoms with Crippen molar-refractivity contribution in [2.45, 2.75) is 32.6 Å². The fourth-order valence-electron chi connectivity index (χ4n) is 1.62. The van der Waals surface area contributed by atoms with Gasteiger partial charge in [-0.3, -0.25) is 0 Å². The van der Waals surface area contributed by atoms with Crippen LogP contribution in [0.4, 0.5) is 0 Å². The minimum Gasteiger partial charge on any atom is -0.246 e. The van der Waals surface area contributed by atoms with Gasteiger partial charge in [-0.15, -0.1) is 11.3 Å². The van der Waals surface area contributed by atoms with Gasteiger partial charge in [-0.1, -0.05) is 41.9 Å². The highest BCUT2D eigenvalue weighted by atomic mass is 79.9. The van der Waals surface area contributed by atoms with Gasteiger partial charge in [0, 0.05) is 16.3 Å². The molecule has 0 spiro atoms. The first-order valence-electron chi connectivity index (χ1n) is 5.87. The third kappa shape index (κ3) is 3.39. The van der Waals surface area contributed by atoms with Gasteiger partial charge in [-0.05, 0) is 30.0 Å². The van der Waals surface area contributed by atoms with Crippen LogP contribution < -0.4 is 0 Å². The Morgan fingerprint density at radius 3 is 2.65 bits per heavy atom. The zero-order valence-electron chi connectivity index (χ0n) is 10.1. The lowest BCUT2D eigenvalue weighted by Crippen LogP contribution is -1.93. The molecule has 1 aromatic heterocycles. The molecule has 0 aliphatic carbocycles. The second-order valence-corrected chi connectivity index (χ2v) is 6.14. The van der Waals surface area contributed by atoms with E-state index in [4.69, 9.17) is 4.98 Å². The van der Waals surface area contributed by atoms with Crippen molar-refractivity contribution in [3.8, 4) is 0 Å². The molecule has 0 aliphatic rings. The van der Waals surface area contributed by atoms with Gasteiger partial charge in [0.25, 0.3) is 0 Å². The lowest BCUT2D eigenvalue weighted by atomic mass is 10.1. The number of hydrogen-bond donors (Lipinski definition) is 0. The van der Waals surface area contributed by atoms with Gasteiger partial charge >= 0.3 is 0 Å². The third-order valence-electron chi connectivity index (χ3n) is 2.96. The number of halogens is 1. The third-order valence-corrected chi connectivity index (χ3v) is 4.35. The Bertz CT molecular complexity index is 475. The van der Waals surface area contributed by atoms with Crippen LogP contribution in [-0.2, 0) is 6.42 Å². The molecule has 0 amide bonds. The second-order valence-electron chi connectivity index (χ2n) is 4.28. The number of thiazole rings is 1. The van der Waals surface area contributed by atoms with Crippen molar-refractivity contribution in [2.75, 3.05) is 0 Å². The Kier molecular flexibility index (Phi) is 4.35. The second kappa shape index (κ2) is 5.78. The van der Waals surface area contributed by atoms with E-state index in [2.05, 4.69) is 59.4 Å². The van der Waals surface area contributed by atoms with E-state index in [1.165, 1.54) is 16.3 Å². The van der Waals surface area contributed by atoms with Crippen LogP contribution in [0.25, 0.3) is 0 Å². The Hall–Kier alpha value is -0.670. The van der Waals surface area contributed by atoms with Crippen LogP contribution in [0.1, 0.15) is 42.5 Å². The summed E-state index contributed by atoms with van der Waals surface area (Å²) in [7, 11) is 0. The summed E-state index contributed by atoms with van der Waals surface area (Å²) in [5.41, 5.74) is 2.56. The standard InChI is InChI=1S/C14H16BrNS/c1-3-10(2)13-9-17-14(16-13)8-11-4-6-12(15)7-5-11/h4-7,9-10H,3,8H2,1-2H3. The molecule has 2 rings (SSSR count). The van der Waals surface area contributed by atoms with Crippen molar-refractivity contribution < 1.29 is 0 Å². The Morgan fingerprint density at radius 1 is 1.29 bits per heavy atom. The summed E-state index contributed by atoms with van der Waals surface area (Å²) in [6, 6.07) is 8.46. The lowest BCUT2D eigenvalue weighted by molar-refractivity contribution is 0.710. The maximum absolute atomic E-state index is 4.71. The molecule has 2 aromatic rings. The fraction of sp³-hybridized carbons (Fsp3) is 0.357. The molecule has 17 heavy (non-hydrogen) atoms. The molecule has 1 nitrogen and oxygen atoms in total. The van der Waals surface area contributed by atoms with Gasteiger partial charge in [0.15, 0.2) is 0 Å². The highest BCUT2D eigenvalue weighted by Crippen LogP contribution is 2.23. The summed E-state index contributed by atoms with van der Waals surface area (Å²) < 4.78 is 1.13. The van der Waals surface area contributed by atoms with Crippen LogP contribution in [0.3, 0.4) is 0 Å². The van der Waals surface area contributed by atoms with Gasteiger partial charge in [0.2, 0.25) is 0 Å². The fourth-order valence-corrected chi connectivity index (χ4v) is 2.83. The zero-order valence-corrected chi connectivity index (χ0v) is 12.5. The summed E-state index contributed by atoms with van der Waals surface area (Å²) in [5, 5.41) is 3.41. The monoisotopic (exact) mass is 309 g/mol. The van der Waals surface area contributed by atoms with Crippen LogP contribution in [0.15, 0.2) is 34.1 Å². The van der Waals surface area contributed by atoms with Crippen LogP contribution >= 0.6 is 27.3 Å². The van der Waals surface area contributed by atoms with Crippen LogP contribution in [0.5, 0.6) is 0 Å². The van der Waals surface area contributed by atoms with Crippen LogP contribution in [0.2, 0.25) is 0 Å². The Balaban J connectivity index is 2.08. The summed E-state index contributed by atoms with van der Waals surface area (Å²) in [6.45, 7) is 4.44. The van der Waals surface area contributed by atoms with Gasteiger partial charge < -0.3 is 0 Å². The molecule has 3 heteroatoms. The van der Waals surface area contributed by atoms with Gasteiger partial charge in [-0.2, -0.15) is 0 Å². The first-order chi connectivity index (χ1) is 8.19. The average Bonchev–Trinajstić information content (AvgIpc) is 2.80. The minimum atomic E-state index is 0.574. The van der Waals surface area contributed by atoms with Gasteiger partial charge in [-0.25, -0.2) is 4.98 Å². The molecule has 90 valence electrons. The van der Waals surface area contributed by atoms with Crippen LogP contribution in [-0.4, -0.2) is 4.98 Å². The summed E-state index contributed by atoms with van der Waals surface area (Å²) >= 11 is 5.22. The number of benzene rings is 1. The average molecular weight is 310 g/mol. The van der Waals surface area contributed by atoms with Crippen molar-refractivity contribution in [3.05, 3.63) is 50.4 Å². The van der Waals surface area contributed by atoms with Crippen molar-refractivity contribution in [2.24, 2.45) is 0 Å². The van der Waals surface area contributed by atoms with Crippen molar-refractivity contribution in [1.29, 1.82) is 0 Å². The molecule has 0 aliphatic heterocycles. The summed E-state index contributed by atoms with van der Waals surface area (Å²) in [6.07, 6.45) is 2.09. The predicted molar refractivity (Wildman–Crippen MR) is 77.8 cm³/mol. The minimum absolute atomic E-state index is 0.574. The SMILES string of the molecule is CCC(C)c1csc(Cc2ccc(Br)cc2)n1. The van der Waals surface area contributed by atoms with Crippen LogP contribution in [0, 0.1) is 0 Å². The molecular weight excluding hydrogens is 294 g/mol. The Labute approximate surface area is 115 Å². The maximum atomic E-state index is 4.71. The zero-order chi connectivity index (χ0) is 12.3. The summed E-state index contributed by atoms with van der Waals surface area (Å²) in [4.78, 5) is 4.71. The molecule has 1 heterocycles. The molecule has 0 fully saturated rings. The highest BCUT2D eigenvalue weighted by Gasteiger charge is 2.08. The van der Waals surface area contributed by atoms with Gasteiger partial charge in [0.1, 0.15) is 0 Å². The first kappa shape index (κ1) is 12.8. The van der Waals surface area contributed by atoms with E-state index in [1.807, 2.05) is 0 Å². The molecule has 0 bridgehead atoms. The molecule has 1 atom stereocenters. The molecule has 1 aromatic carbocycles. The highest BCUT2D eigenvalue weighted by molar-refractivity contribution is 9.10.